The number of benzene rings is 1. The number of carbonyl (C=O) groups is 3. The summed E-state index contributed by atoms with van der Waals surface area (Å²) in [4.78, 5) is 52.6. The van der Waals surface area contributed by atoms with Crippen LogP contribution in [0.1, 0.15) is 63.5 Å². The summed E-state index contributed by atoms with van der Waals surface area (Å²) in [6, 6.07) is 6.47. The monoisotopic (exact) mass is 570 g/mol. The van der Waals surface area contributed by atoms with Gasteiger partial charge in [0.2, 0.25) is 5.91 Å². The van der Waals surface area contributed by atoms with E-state index in [2.05, 4.69) is 32.5 Å². The molecule has 1 fully saturated rings. The summed E-state index contributed by atoms with van der Waals surface area (Å²) >= 11 is 7.54. The largest absolute Gasteiger partial charge is 0.351 e. The smallest absolute Gasteiger partial charge is 0.280 e. The molecule has 3 heterocycles. The number of aromatic amines is 1. The third kappa shape index (κ3) is 6.13. The highest BCUT2D eigenvalue weighted by molar-refractivity contribution is 7.13. The van der Waals surface area contributed by atoms with Gasteiger partial charge in [0, 0.05) is 65.9 Å². The maximum absolute atomic E-state index is 13.4. The fourth-order valence-electron chi connectivity index (χ4n) is 5.61. The van der Waals surface area contributed by atoms with Gasteiger partial charge in [0.15, 0.2) is 5.01 Å². The fourth-order valence-corrected chi connectivity index (χ4v) is 6.88. The van der Waals surface area contributed by atoms with Crippen LogP contribution in [-0.4, -0.2) is 76.8 Å². The third-order valence-corrected chi connectivity index (χ3v) is 9.03. The Labute approximate surface area is 237 Å². The highest BCUT2D eigenvalue weighted by Crippen LogP contribution is 2.29. The first-order valence-corrected chi connectivity index (χ1v) is 14.7. The van der Waals surface area contributed by atoms with Gasteiger partial charge in [-0.3, -0.25) is 14.4 Å². The van der Waals surface area contributed by atoms with E-state index in [4.69, 9.17) is 11.6 Å². The molecule has 208 valence electrons. The summed E-state index contributed by atoms with van der Waals surface area (Å²) in [5.41, 5.74) is 2.24. The Hall–Kier alpha value is -2.95. The molecule has 2 aromatic heterocycles. The SMILES string of the molecule is CCCN(C)C(=O)C1CCC(NC(=O)c2cc3cc(Cl)ccc3[nH]2)C(NC(=O)c2nc3c(s2)CN(C)CC3)C1. The fraction of sp³-hybridized carbons (Fsp3) is 0.500. The Morgan fingerprint density at radius 1 is 1.18 bits per heavy atom. The molecule has 3 aromatic rings. The molecular formula is C28H35ClN6O3S. The van der Waals surface area contributed by atoms with Crippen molar-refractivity contribution in [3.05, 3.63) is 50.6 Å². The molecule has 5 rings (SSSR count). The number of thiazole rings is 1. The van der Waals surface area contributed by atoms with Gasteiger partial charge in [-0.15, -0.1) is 11.3 Å². The van der Waals surface area contributed by atoms with E-state index in [0.29, 0.717) is 41.5 Å². The quantitative estimate of drug-likeness (QED) is 0.400. The Kier molecular flexibility index (Phi) is 8.25. The van der Waals surface area contributed by atoms with Crippen molar-refractivity contribution < 1.29 is 14.4 Å². The molecule has 1 saturated carbocycles. The molecule has 2 aliphatic rings. The maximum atomic E-state index is 13.4. The Morgan fingerprint density at radius 2 is 1.97 bits per heavy atom. The van der Waals surface area contributed by atoms with Crippen molar-refractivity contribution in [2.24, 2.45) is 5.92 Å². The molecule has 39 heavy (non-hydrogen) atoms. The van der Waals surface area contributed by atoms with E-state index in [1.807, 2.05) is 26.1 Å². The predicted molar refractivity (Wildman–Crippen MR) is 153 cm³/mol. The molecule has 1 aromatic carbocycles. The van der Waals surface area contributed by atoms with Crippen molar-refractivity contribution in [3.63, 3.8) is 0 Å². The molecule has 0 spiro atoms. The van der Waals surface area contributed by atoms with Crippen molar-refractivity contribution in [1.29, 1.82) is 0 Å². The molecule has 0 radical (unpaired) electrons. The molecular weight excluding hydrogens is 536 g/mol. The van der Waals surface area contributed by atoms with E-state index in [-0.39, 0.29) is 29.7 Å². The number of hydrogen-bond acceptors (Lipinski definition) is 6. The summed E-state index contributed by atoms with van der Waals surface area (Å²) in [6.07, 6.45) is 3.39. The van der Waals surface area contributed by atoms with Crippen LogP contribution in [0.2, 0.25) is 5.02 Å². The number of carbonyl (C=O) groups excluding carboxylic acids is 3. The lowest BCUT2D eigenvalue weighted by molar-refractivity contribution is -0.135. The average molecular weight is 571 g/mol. The molecule has 1 aliphatic carbocycles. The van der Waals surface area contributed by atoms with Crippen LogP contribution in [0.25, 0.3) is 10.9 Å². The van der Waals surface area contributed by atoms with E-state index in [1.54, 1.807) is 17.0 Å². The summed E-state index contributed by atoms with van der Waals surface area (Å²) in [6.45, 7) is 4.45. The lowest BCUT2D eigenvalue weighted by atomic mass is 9.81. The number of fused-ring (bicyclic) bond motifs is 2. The van der Waals surface area contributed by atoms with Crippen LogP contribution in [0.15, 0.2) is 24.3 Å². The van der Waals surface area contributed by atoms with Crippen LogP contribution in [0.5, 0.6) is 0 Å². The van der Waals surface area contributed by atoms with Crippen molar-refractivity contribution in [2.45, 2.75) is 57.7 Å². The van der Waals surface area contributed by atoms with Gasteiger partial charge in [0.1, 0.15) is 5.69 Å². The number of halogens is 1. The summed E-state index contributed by atoms with van der Waals surface area (Å²) in [5.74, 6) is -0.641. The topological polar surface area (TPSA) is 110 Å². The Balaban J connectivity index is 1.33. The lowest BCUT2D eigenvalue weighted by Gasteiger charge is -2.37. The molecule has 3 amide bonds. The van der Waals surface area contributed by atoms with Crippen molar-refractivity contribution in [3.8, 4) is 0 Å². The first kappa shape index (κ1) is 27.6. The van der Waals surface area contributed by atoms with Crippen molar-refractivity contribution in [2.75, 3.05) is 27.2 Å². The Morgan fingerprint density at radius 3 is 2.77 bits per heavy atom. The number of nitrogens with one attached hydrogen (secondary N) is 3. The van der Waals surface area contributed by atoms with E-state index in [1.165, 1.54) is 11.3 Å². The zero-order chi connectivity index (χ0) is 27.7. The second-order valence-corrected chi connectivity index (χ2v) is 12.2. The minimum Gasteiger partial charge on any atom is -0.351 e. The van der Waals surface area contributed by atoms with Gasteiger partial charge in [-0.25, -0.2) is 4.98 Å². The normalized spacial score (nSPS) is 21.4. The molecule has 0 bridgehead atoms. The third-order valence-electron chi connectivity index (χ3n) is 7.71. The van der Waals surface area contributed by atoms with Gasteiger partial charge >= 0.3 is 0 Å². The van der Waals surface area contributed by atoms with Crippen LogP contribution >= 0.6 is 22.9 Å². The van der Waals surface area contributed by atoms with Crippen LogP contribution in [0, 0.1) is 5.92 Å². The first-order valence-electron chi connectivity index (χ1n) is 13.5. The zero-order valence-electron chi connectivity index (χ0n) is 22.6. The molecule has 3 unspecified atom stereocenters. The number of H-pyrrole nitrogens is 1. The number of nitrogens with zero attached hydrogens (tertiary/aromatic N) is 3. The average Bonchev–Trinajstić information content (AvgIpc) is 3.53. The number of amides is 3. The van der Waals surface area contributed by atoms with Crippen LogP contribution < -0.4 is 10.6 Å². The van der Waals surface area contributed by atoms with Gasteiger partial charge < -0.3 is 25.4 Å². The number of likely N-dealkylation sites (N-methyl/N-ethyl adjacent to an activating group) is 1. The van der Waals surface area contributed by atoms with E-state index in [9.17, 15) is 14.4 Å². The first-order chi connectivity index (χ1) is 18.7. The minimum atomic E-state index is -0.401. The zero-order valence-corrected chi connectivity index (χ0v) is 24.1. The highest BCUT2D eigenvalue weighted by Gasteiger charge is 2.37. The van der Waals surface area contributed by atoms with Crippen LogP contribution in [-0.2, 0) is 17.8 Å². The molecule has 1 aliphatic heterocycles. The van der Waals surface area contributed by atoms with Gasteiger partial charge in [0.05, 0.1) is 11.7 Å². The maximum Gasteiger partial charge on any atom is 0.280 e. The van der Waals surface area contributed by atoms with Gasteiger partial charge in [-0.2, -0.15) is 0 Å². The number of rotatable bonds is 7. The van der Waals surface area contributed by atoms with E-state index in [0.717, 1.165) is 47.4 Å². The van der Waals surface area contributed by atoms with E-state index < -0.39 is 6.04 Å². The second-order valence-electron chi connectivity index (χ2n) is 10.7. The molecule has 3 atom stereocenters. The molecule has 3 N–H and O–H groups in total. The number of hydrogen-bond donors (Lipinski definition) is 3. The Bertz CT molecular complexity index is 1390. The highest BCUT2D eigenvalue weighted by atomic mass is 35.5. The second kappa shape index (κ2) is 11.7. The summed E-state index contributed by atoms with van der Waals surface area (Å²) in [7, 11) is 3.89. The van der Waals surface area contributed by atoms with E-state index >= 15 is 0 Å². The number of aromatic nitrogens is 2. The standard InChI is InChI=1S/C28H35ClN6O3S/c1-4-10-35(3)28(38)16-5-7-20(31-25(36)23-14-17-12-18(29)6-8-19(17)30-23)22(13-16)32-26(37)27-33-21-9-11-34(2)15-24(21)39-27/h6,8,12,14,16,20,22,30H,4-5,7,9-11,13,15H2,1-3H3,(H,31,36)(H,32,37). The lowest BCUT2D eigenvalue weighted by Crippen LogP contribution is -2.56. The molecule has 0 saturated heterocycles. The minimum absolute atomic E-state index is 0.0844. The van der Waals surface area contributed by atoms with Crippen LogP contribution in [0.4, 0.5) is 0 Å². The van der Waals surface area contributed by atoms with Gasteiger partial charge in [-0.05, 0) is 57.0 Å². The summed E-state index contributed by atoms with van der Waals surface area (Å²) < 4.78 is 0. The predicted octanol–water partition coefficient (Wildman–Crippen LogP) is 3.83. The summed E-state index contributed by atoms with van der Waals surface area (Å²) in [5, 5.41) is 8.14. The molecule has 11 heteroatoms. The van der Waals surface area contributed by atoms with Crippen LogP contribution in [0.3, 0.4) is 0 Å². The van der Waals surface area contributed by atoms with Crippen molar-refractivity contribution >= 4 is 51.6 Å². The van der Waals surface area contributed by atoms with Crippen molar-refractivity contribution in [1.82, 2.24) is 30.4 Å². The van der Waals surface area contributed by atoms with Gasteiger partial charge in [-0.1, -0.05) is 18.5 Å². The molecule has 9 nitrogen and oxygen atoms in total. The van der Waals surface area contributed by atoms with Gasteiger partial charge in [0.25, 0.3) is 11.8 Å².